The van der Waals surface area contributed by atoms with Crippen LogP contribution in [0, 0.1) is 13.8 Å². The molecule has 1 aliphatic heterocycles. The third kappa shape index (κ3) is 3.55. The lowest BCUT2D eigenvalue weighted by Gasteiger charge is -2.16. The van der Waals surface area contributed by atoms with Crippen LogP contribution in [0.4, 0.5) is 11.4 Å². The molecule has 3 aromatic carbocycles. The molecule has 0 bridgehead atoms. The topological polar surface area (TPSA) is 49.4 Å². The summed E-state index contributed by atoms with van der Waals surface area (Å²) in [5.41, 5.74) is 4.53. The molecule has 1 N–H and O–H groups in total. The van der Waals surface area contributed by atoms with Crippen molar-refractivity contribution in [2.24, 2.45) is 0 Å². The molecule has 4 nitrogen and oxygen atoms in total. The Morgan fingerprint density at radius 3 is 1.97 bits per heavy atom. The molecule has 0 aromatic heterocycles. The first-order valence-electron chi connectivity index (χ1n) is 9.24. The lowest BCUT2D eigenvalue weighted by molar-refractivity contribution is -0.120. The molecule has 0 spiro atoms. The van der Waals surface area contributed by atoms with E-state index in [0.717, 1.165) is 21.7 Å². The van der Waals surface area contributed by atoms with Crippen LogP contribution >= 0.6 is 11.6 Å². The maximum atomic E-state index is 13.4. The summed E-state index contributed by atoms with van der Waals surface area (Å²) in [5, 5.41) is 3.50. The van der Waals surface area contributed by atoms with Crippen molar-refractivity contribution in [3.05, 3.63) is 100 Å². The lowest BCUT2D eigenvalue weighted by Crippen LogP contribution is -2.32. The SMILES string of the molecule is Cc1ccc(NC2=C(c3ccc(C)cc3)C(=O)N(c3ccccc3Cl)C2=O)cc1. The van der Waals surface area contributed by atoms with Gasteiger partial charge in [0.2, 0.25) is 0 Å². The molecule has 1 heterocycles. The summed E-state index contributed by atoms with van der Waals surface area (Å²) in [6, 6.07) is 22.0. The number of aryl methyl sites for hydroxylation is 2. The number of rotatable bonds is 4. The number of anilines is 2. The Morgan fingerprint density at radius 1 is 0.759 bits per heavy atom. The number of nitrogens with zero attached hydrogens (tertiary/aromatic N) is 1. The van der Waals surface area contributed by atoms with Crippen LogP contribution in [-0.4, -0.2) is 11.8 Å². The van der Waals surface area contributed by atoms with Gasteiger partial charge in [0.25, 0.3) is 11.8 Å². The molecule has 29 heavy (non-hydrogen) atoms. The first-order valence-corrected chi connectivity index (χ1v) is 9.62. The molecule has 4 rings (SSSR count). The van der Waals surface area contributed by atoms with Gasteiger partial charge in [0.05, 0.1) is 16.3 Å². The van der Waals surface area contributed by atoms with E-state index in [9.17, 15) is 9.59 Å². The lowest BCUT2D eigenvalue weighted by atomic mass is 10.0. The first-order chi connectivity index (χ1) is 14.0. The van der Waals surface area contributed by atoms with E-state index in [1.807, 2.05) is 62.4 Å². The van der Waals surface area contributed by atoms with Gasteiger partial charge in [0.15, 0.2) is 0 Å². The number of para-hydroxylation sites is 1. The van der Waals surface area contributed by atoms with E-state index < -0.39 is 11.8 Å². The van der Waals surface area contributed by atoms with Crippen LogP contribution in [-0.2, 0) is 9.59 Å². The highest BCUT2D eigenvalue weighted by Gasteiger charge is 2.41. The van der Waals surface area contributed by atoms with Gasteiger partial charge < -0.3 is 5.32 Å². The highest BCUT2D eigenvalue weighted by molar-refractivity contribution is 6.48. The molecule has 0 unspecified atom stereocenters. The fraction of sp³-hybridized carbons (Fsp3) is 0.0833. The molecule has 1 aliphatic rings. The fourth-order valence-electron chi connectivity index (χ4n) is 3.27. The van der Waals surface area contributed by atoms with E-state index in [-0.39, 0.29) is 5.70 Å². The summed E-state index contributed by atoms with van der Waals surface area (Å²) in [7, 11) is 0. The van der Waals surface area contributed by atoms with Crippen molar-refractivity contribution in [2.75, 3.05) is 10.2 Å². The summed E-state index contributed by atoms with van der Waals surface area (Å²) in [5.74, 6) is -0.833. The Hall–Kier alpha value is -3.37. The van der Waals surface area contributed by atoms with E-state index >= 15 is 0 Å². The Morgan fingerprint density at radius 2 is 1.34 bits per heavy atom. The second kappa shape index (κ2) is 7.57. The molecule has 0 aliphatic carbocycles. The molecular weight excluding hydrogens is 384 g/mol. The highest BCUT2D eigenvalue weighted by Crippen LogP contribution is 2.36. The average Bonchev–Trinajstić information content (AvgIpc) is 2.95. The van der Waals surface area contributed by atoms with Gasteiger partial charge in [0, 0.05) is 5.69 Å². The van der Waals surface area contributed by atoms with E-state index in [2.05, 4.69) is 5.32 Å². The third-order valence-electron chi connectivity index (χ3n) is 4.84. The Balaban J connectivity index is 1.83. The predicted octanol–water partition coefficient (Wildman–Crippen LogP) is 5.35. The van der Waals surface area contributed by atoms with E-state index in [1.54, 1.807) is 24.3 Å². The van der Waals surface area contributed by atoms with Crippen LogP contribution in [0.1, 0.15) is 16.7 Å². The quantitative estimate of drug-likeness (QED) is 0.598. The Bertz CT molecular complexity index is 1130. The second-order valence-electron chi connectivity index (χ2n) is 7.00. The molecule has 5 heteroatoms. The molecule has 2 amide bonds. The van der Waals surface area contributed by atoms with E-state index in [0.29, 0.717) is 21.8 Å². The van der Waals surface area contributed by atoms with Gasteiger partial charge in [0.1, 0.15) is 5.70 Å². The summed E-state index contributed by atoms with van der Waals surface area (Å²) in [6.45, 7) is 3.96. The van der Waals surface area contributed by atoms with Crippen molar-refractivity contribution < 1.29 is 9.59 Å². The zero-order valence-electron chi connectivity index (χ0n) is 16.1. The summed E-state index contributed by atoms with van der Waals surface area (Å²) in [6.07, 6.45) is 0. The van der Waals surface area contributed by atoms with Crippen LogP contribution in [0.25, 0.3) is 5.57 Å². The van der Waals surface area contributed by atoms with Gasteiger partial charge >= 0.3 is 0 Å². The number of hydrogen-bond acceptors (Lipinski definition) is 3. The number of hydrogen-bond donors (Lipinski definition) is 1. The first kappa shape index (κ1) is 19.0. The summed E-state index contributed by atoms with van der Waals surface area (Å²) in [4.78, 5) is 27.8. The van der Waals surface area contributed by atoms with Crippen molar-refractivity contribution in [3.8, 4) is 0 Å². The minimum absolute atomic E-state index is 0.239. The van der Waals surface area contributed by atoms with Crippen LogP contribution < -0.4 is 10.2 Å². The molecular formula is C24H19ClN2O2. The van der Waals surface area contributed by atoms with Crippen molar-refractivity contribution in [3.63, 3.8) is 0 Å². The zero-order chi connectivity index (χ0) is 20.5. The molecule has 0 radical (unpaired) electrons. The molecule has 0 saturated heterocycles. The van der Waals surface area contributed by atoms with Crippen LogP contribution in [0.3, 0.4) is 0 Å². The van der Waals surface area contributed by atoms with Gasteiger partial charge in [-0.1, -0.05) is 71.3 Å². The summed E-state index contributed by atoms with van der Waals surface area (Å²) < 4.78 is 0. The van der Waals surface area contributed by atoms with Crippen LogP contribution in [0.15, 0.2) is 78.5 Å². The standard InChI is InChI=1S/C24H19ClN2O2/c1-15-7-11-17(12-8-15)21-22(26-18-13-9-16(2)10-14-18)24(29)27(23(21)28)20-6-4-3-5-19(20)25/h3-14,26H,1-2H3. The van der Waals surface area contributed by atoms with Crippen LogP contribution in [0.2, 0.25) is 5.02 Å². The van der Waals surface area contributed by atoms with Crippen LogP contribution in [0.5, 0.6) is 0 Å². The number of amides is 2. The highest BCUT2D eigenvalue weighted by atomic mass is 35.5. The van der Waals surface area contributed by atoms with Gasteiger partial charge in [-0.2, -0.15) is 0 Å². The van der Waals surface area contributed by atoms with Crippen molar-refractivity contribution in [1.29, 1.82) is 0 Å². The average molecular weight is 403 g/mol. The monoisotopic (exact) mass is 402 g/mol. The smallest absolute Gasteiger partial charge is 0.282 e. The number of halogens is 1. The minimum Gasteiger partial charge on any atom is -0.350 e. The number of carbonyl (C=O) groups is 2. The zero-order valence-corrected chi connectivity index (χ0v) is 16.8. The largest absolute Gasteiger partial charge is 0.350 e. The number of imide groups is 1. The van der Waals surface area contributed by atoms with Crippen molar-refractivity contribution in [1.82, 2.24) is 0 Å². The Labute approximate surface area is 174 Å². The number of carbonyl (C=O) groups excluding carboxylic acids is 2. The second-order valence-corrected chi connectivity index (χ2v) is 7.41. The van der Waals surface area contributed by atoms with E-state index in [4.69, 9.17) is 11.6 Å². The van der Waals surface area contributed by atoms with E-state index in [1.165, 1.54) is 0 Å². The van der Waals surface area contributed by atoms with Crippen molar-refractivity contribution >= 4 is 40.4 Å². The Kier molecular flexibility index (Phi) is 4.95. The van der Waals surface area contributed by atoms with Gasteiger partial charge in [-0.3, -0.25) is 9.59 Å². The van der Waals surface area contributed by atoms with Gasteiger partial charge in [-0.15, -0.1) is 0 Å². The minimum atomic E-state index is -0.431. The molecule has 0 fully saturated rings. The predicted molar refractivity (Wildman–Crippen MR) is 117 cm³/mol. The summed E-state index contributed by atoms with van der Waals surface area (Å²) >= 11 is 6.29. The van der Waals surface area contributed by atoms with Gasteiger partial charge in [-0.25, -0.2) is 4.90 Å². The number of nitrogens with one attached hydrogen (secondary N) is 1. The molecule has 3 aromatic rings. The van der Waals surface area contributed by atoms with Crippen molar-refractivity contribution in [2.45, 2.75) is 13.8 Å². The molecule has 0 saturated carbocycles. The fourth-order valence-corrected chi connectivity index (χ4v) is 3.49. The van der Waals surface area contributed by atoms with Gasteiger partial charge in [-0.05, 0) is 43.7 Å². The number of benzene rings is 3. The molecule has 144 valence electrons. The normalized spacial score (nSPS) is 14.0. The maximum Gasteiger partial charge on any atom is 0.282 e. The maximum absolute atomic E-state index is 13.4. The molecule has 0 atom stereocenters. The third-order valence-corrected chi connectivity index (χ3v) is 5.16.